The molecule has 1 heterocycles. The minimum atomic E-state index is -0.226. The summed E-state index contributed by atoms with van der Waals surface area (Å²) in [5, 5.41) is 2.17. The van der Waals surface area contributed by atoms with Crippen molar-refractivity contribution in [1.29, 1.82) is 0 Å². The lowest BCUT2D eigenvalue weighted by atomic mass is 10.1. The van der Waals surface area contributed by atoms with E-state index in [-0.39, 0.29) is 18.6 Å². The third kappa shape index (κ3) is 3.07. The Morgan fingerprint density at radius 2 is 2.05 bits per heavy atom. The number of hydrogen-bond acceptors (Lipinski definition) is 4. The smallest absolute Gasteiger partial charge is 0.325 e. The second-order valence-electron chi connectivity index (χ2n) is 4.88. The Morgan fingerprint density at radius 1 is 1.30 bits per heavy atom. The van der Waals surface area contributed by atoms with Gasteiger partial charge >= 0.3 is 5.97 Å². The molecule has 2 rings (SSSR count). The maximum atomic E-state index is 11.8. The standard InChI is InChI=1S/C16H20N2O2/c1-4-20-15(19)11-18(12(2)3)16-14-8-6-5-7-13(14)9-10-17-16/h5-10,12H,4,11H2,1-3H3. The number of benzene rings is 1. The van der Waals surface area contributed by atoms with Crippen LogP contribution in [0.3, 0.4) is 0 Å². The molecule has 20 heavy (non-hydrogen) atoms. The Balaban J connectivity index is 2.39. The van der Waals surface area contributed by atoms with Crippen molar-refractivity contribution < 1.29 is 9.53 Å². The largest absolute Gasteiger partial charge is 0.465 e. The number of esters is 1. The number of carbonyl (C=O) groups excluding carboxylic acids is 1. The normalized spacial score (nSPS) is 10.8. The Labute approximate surface area is 119 Å². The Hall–Kier alpha value is -2.10. The molecule has 0 saturated heterocycles. The molecule has 0 unspecified atom stereocenters. The number of fused-ring (bicyclic) bond motifs is 1. The summed E-state index contributed by atoms with van der Waals surface area (Å²) in [6, 6.07) is 10.2. The van der Waals surface area contributed by atoms with Gasteiger partial charge in [0, 0.05) is 17.6 Å². The van der Waals surface area contributed by atoms with E-state index in [1.165, 1.54) is 0 Å². The summed E-state index contributed by atoms with van der Waals surface area (Å²) in [5.41, 5.74) is 0. The maximum Gasteiger partial charge on any atom is 0.325 e. The monoisotopic (exact) mass is 272 g/mol. The van der Waals surface area contributed by atoms with Crippen LogP contribution in [0.4, 0.5) is 5.82 Å². The molecule has 4 heteroatoms. The molecule has 0 aliphatic heterocycles. The van der Waals surface area contributed by atoms with Gasteiger partial charge in [0.05, 0.1) is 6.61 Å². The van der Waals surface area contributed by atoms with Crippen LogP contribution in [0.5, 0.6) is 0 Å². The molecular formula is C16H20N2O2. The van der Waals surface area contributed by atoms with Crippen LogP contribution in [-0.4, -0.2) is 30.1 Å². The summed E-state index contributed by atoms with van der Waals surface area (Å²) in [7, 11) is 0. The minimum absolute atomic E-state index is 0.165. The number of aromatic nitrogens is 1. The van der Waals surface area contributed by atoms with E-state index in [2.05, 4.69) is 4.98 Å². The van der Waals surface area contributed by atoms with Gasteiger partial charge in [-0.25, -0.2) is 4.98 Å². The average Bonchev–Trinajstić information content (AvgIpc) is 2.44. The Morgan fingerprint density at radius 3 is 2.75 bits per heavy atom. The Kier molecular flexibility index (Phi) is 4.56. The fourth-order valence-electron chi connectivity index (χ4n) is 2.18. The molecule has 0 spiro atoms. The van der Waals surface area contributed by atoms with Gasteiger partial charge < -0.3 is 9.64 Å². The SMILES string of the molecule is CCOC(=O)CN(c1nccc2ccccc12)C(C)C. The molecule has 4 nitrogen and oxygen atoms in total. The van der Waals surface area contributed by atoms with Crippen molar-refractivity contribution in [3.05, 3.63) is 36.5 Å². The first-order valence-electron chi connectivity index (χ1n) is 6.89. The molecule has 0 aliphatic rings. The molecule has 0 amide bonds. The highest BCUT2D eigenvalue weighted by molar-refractivity contribution is 5.93. The summed E-state index contributed by atoms with van der Waals surface area (Å²) in [5.74, 6) is 0.599. The predicted octanol–water partition coefficient (Wildman–Crippen LogP) is 3.01. The van der Waals surface area contributed by atoms with Gasteiger partial charge in [0.1, 0.15) is 12.4 Å². The highest BCUT2D eigenvalue weighted by atomic mass is 16.5. The van der Waals surface area contributed by atoms with E-state index in [1.807, 2.05) is 56.0 Å². The molecule has 106 valence electrons. The zero-order chi connectivity index (χ0) is 14.5. The number of ether oxygens (including phenoxy) is 1. The highest BCUT2D eigenvalue weighted by Crippen LogP contribution is 2.25. The number of hydrogen-bond donors (Lipinski definition) is 0. The number of carbonyl (C=O) groups is 1. The molecule has 1 aromatic carbocycles. The van der Waals surface area contributed by atoms with Crippen molar-refractivity contribution in [2.75, 3.05) is 18.1 Å². The second-order valence-corrected chi connectivity index (χ2v) is 4.88. The van der Waals surface area contributed by atoms with Crippen LogP contribution in [0.25, 0.3) is 10.8 Å². The molecule has 1 aromatic heterocycles. The topological polar surface area (TPSA) is 42.4 Å². The van der Waals surface area contributed by atoms with Crippen LogP contribution in [0.1, 0.15) is 20.8 Å². The average molecular weight is 272 g/mol. The summed E-state index contributed by atoms with van der Waals surface area (Å²) < 4.78 is 5.05. The van der Waals surface area contributed by atoms with Crippen molar-refractivity contribution in [3.8, 4) is 0 Å². The van der Waals surface area contributed by atoms with Crippen molar-refractivity contribution in [3.63, 3.8) is 0 Å². The van der Waals surface area contributed by atoms with Crippen molar-refractivity contribution >= 4 is 22.6 Å². The number of pyridine rings is 1. The van der Waals surface area contributed by atoms with E-state index in [0.717, 1.165) is 16.6 Å². The molecule has 2 aromatic rings. The van der Waals surface area contributed by atoms with Gasteiger partial charge in [0.15, 0.2) is 0 Å². The fraction of sp³-hybridized carbons (Fsp3) is 0.375. The molecule has 0 radical (unpaired) electrons. The van der Waals surface area contributed by atoms with Gasteiger partial charge in [-0.1, -0.05) is 24.3 Å². The van der Waals surface area contributed by atoms with Gasteiger partial charge in [-0.3, -0.25) is 4.79 Å². The quantitative estimate of drug-likeness (QED) is 0.785. The van der Waals surface area contributed by atoms with Crippen molar-refractivity contribution in [1.82, 2.24) is 4.98 Å². The lowest BCUT2D eigenvalue weighted by molar-refractivity contribution is -0.141. The van der Waals surface area contributed by atoms with E-state index < -0.39 is 0 Å². The third-order valence-corrected chi connectivity index (χ3v) is 3.15. The number of nitrogens with zero attached hydrogens (tertiary/aromatic N) is 2. The summed E-state index contributed by atoms with van der Waals surface area (Å²) in [4.78, 5) is 18.2. The van der Waals surface area contributed by atoms with Gasteiger partial charge in [-0.2, -0.15) is 0 Å². The van der Waals surface area contributed by atoms with Crippen LogP contribution in [0, 0.1) is 0 Å². The van der Waals surface area contributed by atoms with Crippen molar-refractivity contribution in [2.45, 2.75) is 26.8 Å². The first kappa shape index (κ1) is 14.3. The van der Waals surface area contributed by atoms with Crippen LogP contribution < -0.4 is 4.90 Å². The van der Waals surface area contributed by atoms with Crippen molar-refractivity contribution in [2.24, 2.45) is 0 Å². The zero-order valence-electron chi connectivity index (χ0n) is 12.2. The third-order valence-electron chi connectivity index (χ3n) is 3.15. The second kappa shape index (κ2) is 6.37. The highest BCUT2D eigenvalue weighted by Gasteiger charge is 2.18. The summed E-state index contributed by atoms with van der Waals surface area (Å²) in [6.07, 6.45) is 1.78. The lowest BCUT2D eigenvalue weighted by Gasteiger charge is -2.27. The first-order valence-corrected chi connectivity index (χ1v) is 6.89. The molecular weight excluding hydrogens is 252 g/mol. The van der Waals surface area contributed by atoms with Gasteiger partial charge in [-0.15, -0.1) is 0 Å². The number of rotatable bonds is 5. The predicted molar refractivity (Wildman–Crippen MR) is 80.9 cm³/mol. The zero-order valence-corrected chi connectivity index (χ0v) is 12.2. The van der Waals surface area contributed by atoms with Gasteiger partial charge in [-0.05, 0) is 32.2 Å². The van der Waals surface area contributed by atoms with Crippen LogP contribution in [-0.2, 0) is 9.53 Å². The fourth-order valence-corrected chi connectivity index (χ4v) is 2.18. The maximum absolute atomic E-state index is 11.8. The van der Waals surface area contributed by atoms with Crippen LogP contribution >= 0.6 is 0 Å². The molecule has 0 saturated carbocycles. The van der Waals surface area contributed by atoms with Gasteiger partial charge in [0.25, 0.3) is 0 Å². The minimum Gasteiger partial charge on any atom is -0.465 e. The molecule has 0 aliphatic carbocycles. The Bertz CT molecular complexity index is 591. The van der Waals surface area contributed by atoms with E-state index in [9.17, 15) is 4.79 Å². The van der Waals surface area contributed by atoms with E-state index in [4.69, 9.17) is 4.74 Å². The van der Waals surface area contributed by atoms with Gasteiger partial charge in [0.2, 0.25) is 0 Å². The molecule has 0 N–H and O–H groups in total. The molecule has 0 bridgehead atoms. The van der Waals surface area contributed by atoms with Crippen LogP contribution in [0.2, 0.25) is 0 Å². The van der Waals surface area contributed by atoms with E-state index in [1.54, 1.807) is 6.20 Å². The van der Waals surface area contributed by atoms with E-state index >= 15 is 0 Å². The summed E-state index contributed by atoms with van der Waals surface area (Å²) >= 11 is 0. The van der Waals surface area contributed by atoms with E-state index in [0.29, 0.717) is 6.61 Å². The first-order chi connectivity index (χ1) is 9.63. The molecule has 0 atom stereocenters. The lowest BCUT2D eigenvalue weighted by Crippen LogP contribution is -2.37. The number of anilines is 1. The van der Waals surface area contributed by atoms with Crippen LogP contribution in [0.15, 0.2) is 36.5 Å². The molecule has 0 fully saturated rings. The summed E-state index contributed by atoms with van der Waals surface area (Å²) in [6.45, 7) is 6.51.